The molecule has 0 bridgehead atoms. The van der Waals surface area contributed by atoms with Crippen LogP contribution < -0.4 is 0 Å². The van der Waals surface area contributed by atoms with Gasteiger partial charge in [0.25, 0.3) is 0 Å². The lowest BCUT2D eigenvalue weighted by atomic mass is 10.2. The zero-order valence-corrected chi connectivity index (χ0v) is 8.28. The van der Waals surface area contributed by atoms with Crippen LogP contribution in [0, 0.1) is 0 Å². The molecular formula is C9H17N3. The molecule has 68 valence electrons. The van der Waals surface area contributed by atoms with Crippen molar-refractivity contribution in [2.45, 2.75) is 19.4 Å². The Labute approximate surface area is 74.0 Å². The average molecular weight is 167 g/mol. The minimum Gasteiger partial charge on any atom is -0.337 e. The number of nitrogens with zero attached hydrogens (tertiary/aromatic N) is 3. The largest absolute Gasteiger partial charge is 0.337 e. The summed E-state index contributed by atoms with van der Waals surface area (Å²) >= 11 is 0. The molecule has 3 nitrogen and oxygen atoms in total. The van der Waals surface area contributed by atoms with Crippen molar-refractivity contribution in [2.24, 2.45) is 7.05 Å². The van der Waals surface area contributed by atoms with E-state index >= 15 is 0 Å². The molecule has 0 spiro atoms. The minimum absolute atomic E-state index is 0.435. The molecule has 1 atom stereocenters. The zero-order chi connectivity index (χ0) is 9.14. The second kappa shape index (κ2) is 3.72. The SMILES string of the molecule is CCC(c1nccn1C)N(C)C. The number of hydrogen-bond donors (Lipinski definition) is 0. The first-order chi connectivity index (χ1) is 5.66. The Hall–Kier alpha value is -0.830. The smallest absolute Gasteiger partial charge is 0.125 e. The van der Waals surface area contributed by atoms with E-state index in [9.17, 15) is 0 Å². The Kier molecular flexibility index (Phi) is 2.87. The van der Waals surface area contributed by atoms with Crippen LogP contribution in [0.5, 0.6) is 0 Å². The summed E-state index contributed by atoms with van der Waals surface area (Å²) in [5.41, 5.74) is 0. The van der Waals surface area contributed by atoms with E-state index in [0.717, 1.165) is 12.2 Å². The third-order valence-electron chi connectivity index (χ3n) is 2.17. The first-order valence-corrected chi connectivity index (χ1v) is 4.30. The molecular weight excluding hydrogens is 150 g/mol. The lowest BCUT2D eigenvalue weighted by Crippen LogP contribution is -2.22. The van der Waals surface area contributed by atoms with E-state index in [0.29, 0.717) is 6.04 Å². The van der Waals surface area contributed by atoms with Gasteiger partial charge >= 0.3 is 0 Å². The third-order valence-corrected chi connectivity index (χ3v) is 2.17. The summed E-state index contributed by atoms with van der Waals surface area (Å²) < 4.78 is 2.08. The third kappa shape index (κ3) is 1.67. The fraction of sp³-hybridized carbons (Fsp3) is 0.667. The molecule has 0 aliphatic heterocycles. The van der Waals surface area contributed by atoms with Crippen LogP contribution in [0.1, 0.15) is 25.2 Å². The van der Waals surface area contributed by atoms with Crippen molar-refractivity contribution < 1.29 is 0 Å². The van der Waals surface area contributed by atoms with E-state index in [1.54, 1.807) is 0 Å². The number of aryl methyl sites for hydroxylation is 1. The predicted octanol–water partition coefficient (Wildman–Crippen LogP) is 1.43. The molecule has 0 radical (unpaired) electrons. The molecule has 0 saturated heterocycles. The second-order valence-corrected chi connectivity index (χ2v) is 3.28. The monoisotopic (exact) mass is 167 g/mol. The van der Waals surface area contributed by atoms with Gasteiger partial charge in [-0.05, 0) is 20.5 Å². The molecule has 0 N–H and O–H groups in total. The van der Waals surface area contributed by atoms with Gasteiger partial charge in [0.1, 0.15) is 5.82 Å². The highest BCUT2D eigenvalue weighted by Crippen LogP contribution is 2.18. The Bertz CT molecular complexity index is 240. The topological polar surface area (TPSA) is 21.1 Å². The van der Waals surface area contributed by atoms with Crippen LogP contribution in [0.15, 0.2) is 12.4 Å². The first-order valence-electron chi connectivity index (χ1n) is 4.30. The second-order valence-electron chi connectivity index (χ2n) is 3.28. The fourth-order valence-electron chi connectivity index (χ4n) is 1.48. The normalized spacial score (nSPS) is 13.8. The number of hydrogen-bond acceptors (Lipinski definition) is 2. The Morgan fingerprint density at radius 2 is 2.25 bits per heavy atom. The van der Waals surface area contributed by atoms with Crippen LogP contribution in [0.3, 0.4) is 0 Å². The van der Waals surface area contributed by atoms with Crippen molar-refractivity contribution in [1.29, 1.82) is 0 Å². The van der Waals surface area contributed by atoms with Gasteiger partial charge in [0, 0.05) is 19.4 Å². The standard InChI is InChI=1S/C9H17N3/c1-5-8(11(2)3)9-10-6-7-12(9)4/h6-8H,5H2,1-4H3. The van der Waals surface area contributed by atoms with Crippen molar-refractivity contribution in [3.63, 3.8) is 0 Å². The minimum atomic E-state index is 0.435. The van der Waals surface area contributed by atoms with Gasteiger partial charge in [-0.1, -0.05) is 6.92 Å². The molecule has 1 rings (SSSR count). The van der Waals surface area contributed by atoms with Crippen molar-refractivity contribution in [3.05, 3.63) is 18.2 Å². The van der Waals surface area contributed by atoms with Gasteiger partial charge in [-0.15, -0.1) is 0 Å². The molecule has 0 fully saturated rings. The van der Waals surface area contributed by atoms with Crippen molar-refractivity contribution in [2.75, 3.05) is 14.1 Å². The highest BCUT2D eigenvalue weighted by atomic mass is 15.2. The van der Waals surface area contributed by atoms with Crippen LogP contribution in [0.25, 0.3) is 0 Å². The predicted molar refractivity (Wildman–Crippen MR) is 49.9 cm³/mol. The molecule has 1 heterocycles. The Morgan fingerprint density at radius 1 is 1.58 bits per heavy atom. The zero-order valence-electron chi connectivity index (χ0n) is 8.28. The summed E-state index contributed by atoms with van der Waals surface area (Å²) in [6.07, 6.45) is 4.93. The van der Waals surface area contributed by atoms with Gasteiger partial charge in [0.2, 0.25) is 0 Å². The summed E-state index contributed by atoms with van der Waals surface area (Å²) in [5, 5.41) is 0. The van der Waals surface area contributed by atoms with E-state index in [1.165, 1.54) is 0 Å². The van der Waals surface area contributed by atoms with Gasteiger partial charge < -0.3 is 4.57 Å². The fourth-order valence-corrected chi connectivity index (χ4v) is 1.48. The molecule has 12 heavy (non-hydrogen) atoms. The molecule has 0 aliphatic carbocycles. The molecule has 1 aromatic heterocycles. The van der Waals surface area contributed by atoms with Crippen molar-refractivity contribution >= 4 is 0 Å². The number of rotatable bonds is 3. The highest BCUT2D eigenvalue weighted by Gasteiger charge is 2.15. The van der Waals surface area contributed by atoms with Gasteiger partial charge in [-0.3, -0.25) is 4.90 Å². The van der Waals surface area contributed by atoms with E-state index in [1.807, 2.05) is 19.4 Å². The maximum atomic E-state index is 4.33. The van der Waals surface area contributed by atoms with Crippen LogP contribution in [0.2, 0.25) is 0 Å². The van der Waals surface area contributed by atoms with Crippen LogP contribution in [0.4, 0.5) is 0 Å². The highest BCUT2D eigenvalue weighted by molar-refractivity contribution is 4.98. The molecule has 1 aromatic rings. The maximum absolute atomic E-state index is 4.33. The van der Waals surface area contributed by atoms with Crippen LogP contribution >= 0.6 is 0 Å². The summed E-state index contributed by atoms with van der Waals surface area (Å²) in [6.45, 7) is 2.18. The van der Waals surface area contributed by atoms with Gasteiger partial charge in [-0.2, -0.15) is 0 Å². The van der Waals surface area contributed by atoms with E-state index < -0.39 is 0 Å². The van der Waals surface area contributed by atoms with Gasteiger partial charge in [0.05, 0.1) is 6.04 Å². The first kappa shape index (κ1) is 9.26. The number of imidazole rings is 1. The Morgan fingerprint density at radius 3 is 2.58 bits per heavy atom. The molecule has 0 amide bonds. The van der Waals surface area contributed by atoms with E-state index in [4.69, 9.17) is 0 Å². The maximum Gasteiger partial charge on any atom is 0.125 e. The quantitative estimate of drug-likeness (QED) is 0.679. The van der Waals surface area contributed by atoms with Gasteiger partial charge in [-0.25, -0.2) is 4.98 Å². The summed E-state index contributed by atoms with van der Waals surface area (Å²) in [7, 11) is 6.21. The van der Waals surface area contributed by atoms with Crippen LogP contribution in [-0.4, -0.2) is 28.5 Å². The van der Waals surface area contributed by atoms with E-state index in [-0.39, 0.29) is 0 Å². The van der Waals surface area contributed by atoms with Crippen LogP contribution in [-0.2, 0) is 7.05 Å². The van der Waals surface area contributed by atoms with Crippen molar-refractivity contribution in [1.82, 2.24) is 14.5 Å². The molecule has 0 aromatic carbocycles. The van der Waals surface area contributed by atoms with Gasteiger partial charge in [0.15, 0.2) is 0 Å². The summed E-state index contributed by atoms with van der Waals surface area (Å²) in [4.78, 5) is 6.53. The molecule has 0 aliphatic rings. The molecule has 1 unspecified atom stereocenters. The number of aromatic nitrogens is 2. The molecule has 3 heteroatoms. The van der Waals surface area contributed by atoms with Crippen molar-refractivity contribution in [3.8, 4) is 0 Å². The lowest BCUT2D eigenvalue weighted by molar-refractivity contribution is 0.275. The summed E-state index contributed by atoms with van der Waals surface area (Å²) in [5.74, 6) is 1.14. The lowest BCUT2D eigenvalue weighted by Gasteiger charge is -2.22. The average Bonchev–Trinajstić information content (AvgIpc) is 2.38. The molecule has 0 saturated carbocycles. The van der Waals surface area contributed by atoms with E-state index in [2.05, 4.69) is 35.5 Å². The Balaban J connectivity index is 2.87. The summed E-state index contributed by atoms with van der Waals surface area (Å²) in [6, 6.07) is 0.435.